The maximum Gasteiger partial charge on any atom is 0.282 e. The van der Waals surface area contributed by atoms with E-state index in [0.29, 0.717) is 6.42 Å². The van der Waals surface area contributed by atoms with Gasteiger partial charge in [0.05, 0.1) is 4.92 Å². The molecule has 1 rings (SSSR count). The van der Waals surface area contributed by atoms with E-state index in [1.807, 2.05) is 13.8 Å². The molecule has 0 saturated heterocycles. The van der Waals surface area contributed by atoms with Gasteiger partial charge in [0, 0.05) is 18.7 Å². The van der Waals surface area contributed by atoms with E-state index in [0.717, 1.165) is 0 Å². The first-order valence-electron chi connectivity index (χ1n) is 6.12. The molecule has 0 aliphatic heterocycles. The van der Waals surface area contributed by atoms with Gasteiger partial charge in [-0.2, -0.15) is 0 Å². The Bertz CT molecular complexity index is 460. The van der Waals surface area contributed by atoms with Gasteiger partial charge in [0.15, 0.2) is 0 Å². The summed E-state index contributed by atoms with van der Waals surface area (Å²) in [5, 5.41) is 22.5. The number of aliphatic hydroxyl groups is 1. The Hall–Kier alpha value is -1.95. The van der Waals surface area contributed by atoms with Crippen LogP contribution in [0.25, 0.3) is 0 Å². The summed E-state index contributed by atoms with van der Waals surface area (Å²) in [4.78, 5) is 22.3. The monoisotopic (exact) mass is 266 g/mol. The minimum atomic E-state index is -0.578. The van der Waals surface area contributed by atoms with Crippen LogP contribution in [0.3, 0.4) is 0 Å². The van der Waals surface area contributed by atoms with Crippen LogP contribution in [0.2, 0.25) is 0 Å². The predicted molar refractivity (Wildman–Crippen MR) is 70.9 cm³/mol. The first-order chi connectivity index (χ1) is 8.97. The van der Waals surface area contributed by atoms with Gasteiger partial charge in [0.25, 0.3) is 11.6 Å². The highest BCUT2D eigenvalue weighted by Gasteiger charge is 2.22. The lowest BCUT2D eigenvalue weighted by Gasteiger charge is -2.21. The third kappa shape index (κ3) is 4.03. The molecular weight excluding hydrogens is 248 g/mol. The minimum Gasteiger partial charge on any atom is -0.396 e. The molecule has 6 heteroatoms. The van der Waals surface area contributed by atoms with Gasteiger partial charge in [0.2, 0.25) is 0 Å². The molecule has 0 fully saturated rings. The van der Waals surface area contributed by atoms with Crippen molar-refractivity contribution in [1.82, 2.24) is 5.32 Å². The van der Waals surface area contributed by atoms with Crippen LogP contribution in [-0.2, 0) is 0 Å². The number of amides is 1. The zero-order valence-corrected chi connectivity index (χ0v) is 11.0. The SMILES string of the molecule is CC(C)C(CCO)NC(=O)c1ccccc1[N+](=O)[O-]. The molecule has 2 N–H and O–H groups in total. The Morgan fingerprint density at radius 2 is 2.05 bits per heavy atom. The van der Waals surface area contributed by atoms with Gasteiger partial charge in [-0.1, -0.05) is 26.0 Å². The molecule has 0 aliphatic rings. The first kappa shape index (κ1) is 15.1. The number of carbonyl (C=O) groups excluding carboxylic acids is 1. The Balaban J connectivity index is 2.91. The summed E-state index contributed by atoms with van der Waals surface area (Å²) in [6, 6.07) is 5.60. The molecule has 104 valence electrons. The van der Waals surface area contributed by atoms with Crippen LogP contribution in [0.5, 0.6) is 0 Å². The quantitative estimate of drug-likeness (QED) is 0.605. The van der Waals surface area contributed by atoms with Crippen LogP contribution in [0.15, 0.2) is 24.3 Å². The number of nitro groups is 1. The summed E-state index contributed by atoms with van der Waals surface area (Å²) in [5.41, 5.74) is -0.178. The normalized spacial score (nSPS) is 12.2. The lowest BCUT2D eigenvalue weighted by Crippen LogP contribution is -2.39. The summed E-state index contributed by atoms with van der Waals surface area (Å²) in [5.74, 6) is -0.349. The molecule has 0 aromatic heterocycles. The molecule has 0 bridgehead atoms. The number of carbonyl (C=O) groups is 1. The zero-order valence-electron chi connectivity index (χ0n) is 11.0. The standard InChI is InChI=1S/C13H18N2O4/c1-9(2)11(7-8-16)14-13(17)10-5-3-4-6-12(10)15(18)19/h3-6,9,11,16H,7-8H2,1-2H3,(H,14,17). The van der Waals surface area contributed by atoms with Crippen LogP contribution in [0.4, 0.5) is 5.69 Å². The smallest absolute Gasteiger partial charge is 0.282 e. The van der Waals surface area contributed by atoms with Crippen LogP contribution in [0.1, 0.15) is 30.6 Å². The fraction of sp³-hybridized carbons (Fsp3) is 0.462. The minimum absolute atomic E-state index is 0.0380. The Morgan fingerprint density at radius 3 is 2.58 bits per heavy atom. The van der Waals surface area contributed by atoms with Gasteiger partial charge in [-0.15, -0.1) is 0 Å². The molecule has 0 heterocycles. The van der Waals surface area contributed by atoms with Crippen molar-refractivity contribution in [3.05, 3.63) is 39.9 Å². The summed E-state index contributed by atoms with van der Waals surface area (Å²) >= 11 is 0. The third-order valence-corrected chi connectivity index (χ3v) is 2.91. The molecule has 0 aliphatic carbocycles. The highest BCUT2D eigenvalue weighted by atomic mass is 16.6. The maximum absolute atomic E-state index is 12.1. The number of nitro benzene ring substituents is 1. The number of hydrogen-bond donors (Lipinski definition) is 2. The Kier molecular flexibility index (Phi) is 5.44. The summed E-state index contributed by atoms with van der Waals surface area (Å²) in [7, 11) is 0. The van der Waals surface area contributed by atoms with Gasteiger partial charge in [-0.05, 0) is 18.4 Å². The fourth-order valence-corrected chi connectivity index (χ4v) is 1.78. The first-order valence-corrected chi connectivity index (χ1v) is 6.12. The highest BCUT2D eigenvalue weighted by Crippen LogP contribution is 2.18. The Labute approximate surface area is 111 Å². The average molecular weight is 266 g/mol. The van der Waals surface area contributed by atoms with Crippen molar-refractivity contribution in [2.45, 2.75) is 26.3 Å². The van der Waals surface area contributed by atoms with E-state index < -0.39 is 10.8 Å². The third-order valence-electron chi connectivity index (χ3n) is 2.91. The van der Waals surface area contributed by atoms with Crippen molar-refractivity contribution < 1.29 is 14.8 Å². The number of aliphatic hydroxyl groups excluding tert-OH is 1. The lowest BCUT2D eigenvalue weighted by molar-refractivity contribution is -0.385. The van der Waals surface area contributed by atoms with E-state index in [2.05, 4.69) is 5.32 Å². The molecule has 0 saturated carbocycles. The molecule has 6 nitrogen and oxygen atoms in total. The highest BCUT2D eigenvalue weighted by molar-refractivity contribution is 5.98. The van der Waals surface area contributed by atoms with Gasteiger partial charge >= 0.3 is 0 Å². The summed E-state index contributed by atoms with van der Waals surface area (Å²) < 4.78 is 0. The van der Waals surface area contributed by atoms with Crippen molar-refractivity contribution in [2.24, 2.45) is 5.92 Å². The van der Waals surface area contributed by atoms with E-state index in [9.17, 15) is 14.9 Å². The number of para-hydroxylation sites is 1. The molecule has 1 unspecified atom stereocenters. The maximum atomic E-state index is 12.1. The van der Waals surface area contributed by atoms with Gasteiger partial charge in [-0.3, -0.25) is 14.9 Å². The topological polar surface area (TPSA) is 92.5 Å². The van der Waals surface area contributed by atoms with Crippen molar-refractivity contribution in [3.63, 3.8) is 0 Å². The second kappa shape index (κ2) is 6.84. The molecular formula is C13H18N2O4. The molecule has 19 heavy (non-hydrogen) atoms. The van der Waals surface area contributed by atoms with E-state index in [4.69, 9.17) is 5.11 Å². The van der Waals surface area contributed by atoms with Crippen molar-refractivity contribution in [3.8, 4) is 0 Å². The number of nitrogens with one attached hydrogen (secondary N) is 1. The van der Waals surface area contributed by atoms with E-state index in [-0.39, 0.29) is 29.8 Å². The summed E-state index contributed by atoms with van der Waals surface area (Å²) in [6.45, 7) is 3.79. The Morgan fingerprint density at radius 1 is 1.42 bits per heavy atom. The molecule has 1 amide bonds. The van der Waals surface area contributed by atoms with Gasteiger partial charge in [-0.25, -0.2) is 0 Å². The second-order valence-electron chi connectivity index (χ2n) is 4.61. The predicted octanol–water partition coefficient (Wildman–Crippen LogP) is 1.73. The van der Waals surface area contributed by atoms with Gasteiger partial charge in [0.1, 0.15) is 5.56 Å². The molecule has 0 radical (unpaired) electrons. The molecule has 1 aromatic rings. The van der Waals surface area contributed by atoms with Crippen LogP contribution < -0.4 is 5.32 Å². The van der Waals surface area contributed by atoms with Crippen LogP contribution in [-0.4, -0.2) is 28.6 Å². The molecule has 1 aromatic carbocycles. The number of rotatable bonds is 6. The largest absolute Gasteiger partial charge is 0.396 e. The fourth-order valence-electron chi connectivity index (χ4n) is 1.78. The molecule has 1 atom stereocenters. The number of benzene rings is 1. The molecule has 0 spiro atoms. The van der Waals surface area contributed by atoms with Crippen LogP contribution in [0, 0.1) is 16.0 Å². The van der Waals surface area contributed by atoms with E-state index >= 15 is 0 Å². The van der Waals surface area contributed by atoms with Gasteiger partial charge < -0.3 is 10.4 Å². The van der Waals surface area contributed by atoms with Crippen molar-refractivity contribution >= 4 is 11.6 Å². The van der Waals surface area contributed by atoms with E-state index in [1.165, 1.54) is 18.2 Å². The van der Waals surface area contributed by atoms with Crippen molar-refractivity contribution in [2.75, 3.05) is 6.61 Å². The average Bonchev–Trinajstić information content (AvgIpc) is 2.37. The van der Waals surface area contributed by atoms with E-state index in [1.54, 1.807) is 6.07 Å². The van der Waals surface area contributed by atoms with Crippen LogP contribution >= 0.6 is 0 Å². The summed E-state index contributed by atoms with van der Waals surface area (Å²) in [6.07, 6.45) is 0.421. The zero-order chi connectivity index (χ0) is 14.4. The lowest BCUT2D eigenvalue weighted by atomic mass is 10.0. The number of hydrogen-bond acceptors (Lipinski definition) is 4. The number of nitrogens with zero attached hydrogens (tertiary/aromatic N) is 1. The second-order valence-corrected chi connectivity index (χ2v) is 4.61. The van der Waals surface area contributed by atoms with Crippen molar-refractivity contribution in [1.29, 1.82) is 0 Å².